The molecule has 1 heterocycles. The van der Waals surface area contributed by atoms with Gasteiger partial charge in [-0.1, -0.05) is 0 Å². The molecule has 8 heteroatoms. The minimum absolute atomic E-state index is 0.0517. The van der Waals surface area contributed by atoms with Crippen LogP contribution in [0.4, 0.5) is 0 Å². The van der Waals surface area contributed by atoms with Crippen LogP contribution >= 0.6 is 12.2 Å². The summed E-state index contributed by atoms with van der Waals surface area (Å²) in [7, 11) is 9.05. The van der Waals surface area contributed by atoms with Crippen LogP contribution in [-0.4, -0.2) is 80.5 Å². The number of piperidine rings is 1. The van der Waals surface area contributed by atoms with E-state index in [2.05, 4.69) is 62.2 Å². The molecule has 0 aliphatic carbocycles. The third kappa shape index (κ3) is 7.12. The molecule has 1 aromatic carbocycles. The van der Waals surface area contributed by atoms with E-state index < -0.39 is 0 Å². The third-order valence-electron chi connectivity index (χ3n) is 5.77. The Kier molecular flexibility index (Phi) is 9.02. The zero-order valence-electron chi connectivity index (χ0n) is 21.3. The first kappa shape index (κ1) is 26.5. The standard InChI is InChI=1S/C24H42N4O3S/c1-23(2)14-18(15-24(3,4)26-23)25-22(32)28(13-12-27(5)6)16-17-10-11-19(29-7)21(31-9)20(17)30-8/h10-11,18,26H,12-16H2,1-9H3,(H,25,32). The molecule has 0 amide bonds. The maximum Gasteiger partial charge on any atom is 0.203 e. The largest absolute Gasteiger partial charge is 0.493 e. The van der Waals surface area contributed by atoms with E-state index in [-0.39, 0.29) is 11.1 Å². The topological polar surface area (TPSA) is 58.2 Å². The van der Waals surface area contributed by atoms with Gasteiger partial charge in [0.05, 0.1) is 21.3 Å². The lowest BCUT2D eigenvalue weighted by Crippen LogP contribution is -2.63. The van der Waals surface area contributed by atoms with Crippen molar-refractivity contribution in [2.75, 3.05) is 48.5 Å². The minimum atomic E-state index is 0.0517. The van der Waals surface area contributed by atoms with E-state index in [1.807, 2.05) is 12.1 Å². The lowest BCUT2D eigenvalue weighted by atomic mass is 9.80. The molecule has 1 fully saturated rings. The van der Waals surface area contributed by atoms with Crippen LogP contribution in [0.15, 0.2) is 12.1 Å². The summed E-state index contributed by atoms with van der Waals surface area (Å²) >= 11 is 5.93. The lowest BCUT2D eigenvalue weighted by Gasteiger charge is -2.47. The summed E-state index contributed by atoms with van der Waals surface area (Å²) in [6.07, 6.45) is 2.02. The molecule has 32 heavy (non-hydrogen) atoms. The molecule has 2 rings (SSSR count). The molecule has 0 saturated carbocycles. The van der Waals surface area contributed by atoms with Gasteiger partial charge in [0, 0.05) is 42.3 Å². The van der Waals surface area contributed by atoms with Crippen LogP contribution in [0.1, 0.15) is 46.1 Å². The molecule has 1 aromatic rings. The number of hydrogen-bond donors (Lipinski definition) is 2. The SMILES string of the molecule is COc1ccc(CN(CCN(C)C)C(=S)NC2CC(C)(C)NC(C)(C)C2)c(OC)c1OC. The summed E-state index contributed by atoms with van der Waals surface area (Å²) in [4.78, 5) is 4.37. The number of ether oxygens (including phenoxy) is 3. The molecule has 0 spiro atoms. The van der Waals surface area contributed by atoms with E-state index in [0.717, 1.165) is 36.6 Å². The number of nitrogens with zero attached hydrogens (tertiary/aromatic N) is 2. The summed E-state index contributed by atoms with van der Waals surface area (Å²) in [5.41, 5.74) is 1.10. The fourth-order valence-corrected chi connectivity index (χ4v) is 5.08. The lowest BCUT2D eigenvalue weighted by molar-refractivity contribution is 0.153. The Bertz CT molecular complexity index is 767. The van der Waals surface area contributed by atoms with E-state index in [0.29, 0.717) is 29.8 Å². The predicted octanol–water partition coefficient (Wildman–Crippen LogP) is 3.26. The normalized spacial score (nSPS) is 17.7. The third-order valence-corrected chi connectivity index (χ3v) is 6.15. The van der Waals surface area contributed by atoms with Crippen LogP contribution in [0.25, 0.3) is 0 Å². The van der Waals surface area contributed by atoms with Gasteiger partial charge in [-0.15, -0.1) is 0 Å². The van der Waals surface area contributed by atoms with E-state index in [1.54, 1.807) is 21.3 Å². The Morgan fingerprint density at radius 1 is 1.00 bits per heavy atom. The summed E-state index contributed by atoms with van der Waals surface area (Å²) < 4.78 is 16.7. The highest BCUT2D eigenvalue weighted by atomic mass is 32.1. The van der Waals surface area contributed by atoms with Crippen molar-refractivity contribution >= 4 is 17.3 Å². The van der Waals surface area contributed by atoms with Crippen molar-refractivity contribution in [2.24, 2.45) is 0 Å². The molecule has 0 atom stereocenters. The molecule has 7 nitrogen and oxygen atoms in total. The maximum atomic E-state index is 5.93. The smallest absolute Gasteiger partial charge is 0.203 e. The number of rotatable bonds is 9. The average molecular weight is 467 g/mol. The van der Waals surface area contributed by atoms with Crippen LogP contribution in [0.3, 0.4) is 0 Å². The molecule has 1 aliphatic rings. The van der Waals surface area contributed by atoms with Crippen molar-refractivity contribution in [3.63, 3.8) is 0 Å². The van der Waals surface area contributed by atoms with Crippen molar-refractivity contribution in [3.8, 4) is 17.2 Å². The molecule has 2 N–H and O–H groups in total. The molecule has 1 aliphatic heterocycles. The molecule has 0 bridgehead atoms. The highest BCUT2D eigenvalue weighted by Gasteiger charge is 2.38. The fraction of sp³-hybridized carbons (Fsp3) is 0.708. The molecular weight excluding hydrogens is 424 g/mol. The minimum Gasteiger partial charge on any atom is -0.493 e. The maximum absolute atomic E-state index is 5.93. The van der Waals surface area contributed by atoms with E-state index in [1.165, 1.54) is 0 Å². The first-order valence-corrected chi connectivity index (χ1v) is 11.6. The number of thiocarbonyl (C=S) groups is 1. The zero-order valence-corrected chi connectivity index (χ0v) is 22.1. The van der Waals surface area contributed by atoms with Gasteiger partial charge in [0.2, 0.25) is 5.75 Å². The second-order valence-corrected chi connectivity index (χ2v) is 10.6. The first-order valence-electron chi connectivity index (χ1n) is 11.2. The van der Waals surface area contributed by atoms with Crippen molar-refractivity contribution in [2.45, 2.75) is 64.2 Å². The highest BCUT2D eigenvalue weighted by Crippen LogP contribution is 2.40. The van der Waals surface area contributed by atoms with Gasteiger partial charge < -0.3 is 34.6 Å². The number of methoxy groups -OCH3 is 3. The van der Waals surface area contributed by atoms with E-state index in [4.69, 9.17) is 26.4 Å². The Balaban J connectivity index is 2.26. The van der Waals surface area contributed by atoms with Gasteiger partial charge in [0.1, 0.15) is 0 Å². The Morgan fingerprint density at radius 3 is 2.09 bits per heavy atom. The van der Waals surface area contributed by atoms with Gasteiger partial charge in [-0.25, -0.2) is 0 Å². The summed E-state index contributed by atoms with van der Waals surface area (Å²) in [6.45, 7) is 11.3. The number of benzene rings is 1. The number of likely N-dealkylation sites (N-methyl/N-ethyl adjacent to an activating group) is 1. The van der Waals surface area contributed by atoms with Gasteiger partial charge in [0.15, 0.2) is 16.6 Å². The van der Waals surface area contributed by atoms with Crippen LogP contribution in [0.5, 0.6) is 17.2 Å². The van der Waals surface area contributed by atoms with E-state index >= 15 is 0 Å². The Hall–Kier alpha value is -1.77. The predicted molar refractivity (Wildman–Crippen MR) is 135 cm³/mol. The molecule has 0 unspecified atom stereocenters. The summed E-state index contributed by atoms with van der Waals surface area (Å²) in [5, 5.41) is 8.17. The van der Waals surface area contributed by atoms with Crippen LogP contribution in [-0.2, 0) is 6.54 Å². The monoisotopic (exact) mass is 466 g/mol. The van der Waals surface area contributed by atoms with Crippen molar-refractivity contribution in [1.82, 2.24) is 20.4 Å². The van der Waals surface area contributed by atoms with Gasteiger partial charge in [-0.2, -0.15) is 0 Å². The van der Waals surface area contributed by atoms with Crippen molar-refractivity contribution < 1.29 is 14.2 Å². The second-order valence-electron chi connectivity index (χ2n) is 10.2. The van der Waals surface area contributed by atoms with Crippen LogP contribution in [0.2, 0.25) is 0 Å². The Morgan fingerprint density at radius 2 is 1.59 bits per heavy atom. The van der Waals surface area contributed by atoms with Crippen molar-refractivity contribution in [3.05, 3.63) is 17.7 Å². The highest BCUT2D eigenvalue weighted by molar-refractivity contribution is 7.80. The molecular formula is C24H42N4O3S. The number of nitrogens with one attached hydrogen (secondary N) is 2. The van der Waals surface area contributed by atoms with Gasteiger partial charge in [-0.3, -0.25) is 0 Å². The zero-order chi connectivity index (χ0) is 24.1. The molecule has 1 saturated heterocycles. The summed E-state index contributed by atoms with van der Waals surface area (Å²) in [6, 6.07) is 4.24. The van der Waals surface area contributed by atoms with Crippen molar-refractivity contribution in [1.29, 1.82) is 0 Å². The van der Waals surface area contributed by atoms with Crippen LogP contribution in [0, 0.1) is 0 Å². The van der Waals surface area contributed by atoms with Gasteiger partial charge >= 0.3 is 0 Å². The van der Waals surface area contributed by atoms with Crippen LogP contribution < -0.4 is 24.8 Å². The number of hydrogen-bond acceptors (Lipinski definition) is 6. The van der Waals surface area contributed by atoms with E-state index in [9.17, 15) is 0 Å². The first-order chi connectivity index (χ1) is 14.9. The van der Waals surface area contributed by atoms with Gasteiger partial charge in [0.25, 0.3) is 0 Å². The second kappa shape index (κ2) is 10.9. The quantitative estimate of drug-likeness (QED) is 0.538. The molecule has 0 radical (unpaired) electrons. The van der Waals surface area contributed by atoms with Gasteiger partial charge in [-0.05, 0) is 79.0 Å². The average Bonchev–Trinajstić information content (AvgIpc) is 2.67. The Labute approximate surface area is 199 Å². The summed E-state index contributed by atoms with van der Waals surface area (Å²) in [5.74, 6) is 1.92. The molecule has 182 valence electrons. The molecule has 0 aromatic heterocycles. The fourth-order valence-electron chi connectivity index (χ4n) is 4.76.